The second kappa shape index (κ2) is 8.61. The van der Waals surface area contributed by atoms with E-state index in [1.54, 1.807) is 6.07 Å². The minimum Gasteiger partial charge on any atom is -0.454 e. The molecule has 8 nitrogen and oxygen atoms in total. The van der Waals surface area contributed by atoms with Crippen molar-refractivity contribution in [2.24, 2.45) is 11.8 Å². The molecule has 32 heavy (non-hydrogen) atoms. The lowest BCUT2D eigenvalue weighted by Gasteiger charge is -2.51. The first-order valence-electron chi connectivity index (χ1n) is 11.5. The Balaban J connectivity index is 1.29. The van der Waals surface area contributed by atoms with Crippen LogP contribution in [0.4, 0.5) is 5.82 Å². The van der Waals surface area contributed by atoms with E-state index >= 15 is 0 Å². The van der Waals surface area contributed by atoms with Crippen molar-refractivity contribution < 1.29 is 28.4 Å². The summed E-state index contributed by atoms with van der Waals surface area (Å²) in [5.41, 5.74) is -1.58. The number of ether oxygens (including phenoxy) is 1. The number of nitrogens with one attached hydrogen (secondary N) is 1. The Kier molecular flexibility index (Phi) is 5.81. The number of aliphatic hydroxyl groups is 1. The number of thiophene rings is 1. The zero-order chi connectivity index (χ0) is 22.2. The van der Waals surface area contributed by atoms with Gasteiger partial charge in [-0.15, -0.1) is 11.3 Å². The van der Waals surface area contributed by atoms with Crippen molar-refractivity contribution in [3.63, 3.8) is 0 Å². The average Bonchev–Trinajstić information content (AvgIpc) is 3.57. The number of esters is 1. The van der Waals surface area contributed by atoms with Crippen LogP contribution in [-0.4, -0.2) is 58.9 Å². The molecule has 4 fully saturated rings. The number of carbonyl (C=O) groups is 2. The molecule has 1 unspecified atom stereocenters. The lowest BCUT2D eigenvalue weighted by Crippen LogP contribution is -2.66. The molecule has 0 spiro atoms. The van der Waals surface area contributed by atoms with Crippen molar-refractivity contribution in [1.82, 2.24) is 5.16 Å². The van der Waals surface area contributed by atoms with Crippen molar-refractivity contribution in [1.29, 1.82) is 0 Å². The SMILES string of the molecule is O=C(C[N+]12CCC(CC1)C(OC(=O)[C@@](O)(c1cccs1)C1CCCC1)C2)Nc1ccon1. The topological polar surface area (TPSA) is 102 Å². The largest absolute Gasteiger partial charge is 0.454 e. The number of rotatable bonds is 7. The molecule has 2 aromatic heterocycles. The third-order valence-electron chi connectivity index (χ3n) is 7.64. The summed E-state index contributed by atoms with van der Waals surface area (Å²) in [5, 5.41) is 20.1. The number of hydrogen-bond donors (Lipinski definition) is 2. The van der Waals surface area contributed by atoms with Crippen molar-refractivity contribution in [3.8, 4) is 0 Å². The van der Waals surface area contributed by atoms with E-state index in [0.717, 1.165) is 51.6 Å². The molecule has 6 rings (SSSR count). The average molecular weight is 461 g/mol. The molecule has 2 N–H and O–H groups in total. The van der Waals surface area contributed by atoms with Crippen LogP contribution in [0.1, 0.15) is 43.4 Å². The fourth-order valence-electron chi connectivity index (χ4n) is 5.88. The van der Waals surface area contributed by atoms with Gasteiger partial charge in [0.15, 0.2) is 24.1 Å². The zero-order valence-electron chi connectivity index (χ0n) is 18.1. The van der Waals surface area contributed by atoms with Gasteiger partial charge in [-0.2, -0.15) is 0 Å². The van der Waals surface area contributed by atoms with E-state index in [-0.39, 0.29) is 23.8 Å². The molecular weight excluding hydrogens is 430 g/mol. The number of piperidine rings is 3. The Morgan fingerprint density at radius 3 is 2.69 bits per heavy atom. The summed E-state index contributed by atoms with van der Waals surface area (Å²) < 4.78 is 11.5. The van der Waals surface area contributed by atoms with Crippen molar-refractivity contribution in [2.45, 2.75) is 50.2 Å². The van der Waals surface area contributed by atoms with Crippen LogP contribution in [-0.2, 0) is 19.9 Å². The van der Waals surface area contributed by atoms with Gasteiger partial charge in [0.05, 0.1) is 13.1 Å². The van der Waals surface area contributed by atoms with Crippen LogP contribution in [0.15, 0.2) is 34.4 Å². The minimum absolute atomic E-state index is 0.105. The Labute approximate surface area is 191 Å². The summed E-state index contributed by atoms with van der Waals surface area (Å²) in [6.07, 6.45) is 6.68. The number of fused-ring (bicyclic) bond motifs is 3. The summed E-state index contributed by atoms with van der Waals surface area (Å²) in [4.78, 5) is 26.8. The molecule has 0 aromatic carbocycles. The smallest absolute Gasteiger partial charge is 0.344 e. The van der Waals surface area contributed by atoms with Crippen LogP contribution < -0.4 is 5.32 Å². The number of carbonyl (C=O) groups excluding carboxylic acids is 2. The predicted molar refractivity (Wildman–Crippen MR) is 118 cm³/mol. The highest BCUT2D eigenvalue weighted by Gasteiger charge is 2.53. The molecule has 3 aliphatic heterocycles. The molecule has 1 amide bonds. The second-order valence-corrected chi connectivity index (χ2v) is 10.5. The van der Waals surface area contributed by atoms with Crippen LogP contribution in [0.5, 0.6) is 0 Å². The number of amides is 1. The number of aromatic nitrogens is 1. The molecule has 2 aromatic rings. The Morgan fingerprint density at radius 2 is 2.03 bits per heavy atom. The summed E-state index contributed by atoms with van der Waals surface area (Å²) in [6, 6.07) is 5.32. The number of anilines is 1. The zero-order valence-corrected chi connectivity index (χ0v) is 18.9. The molecule has 0 radical (unpaired) electrons. The van der Waals surface area contributed by atoms with Gasteiger partial charge in [-0.3, -0.25) is 4.79 Å². The van der Waals surface area contributed by atoms with E-state index < -0.39 is 11.6 Å². The van der Waals surface area contributed by atoms with Gasteiger partial charge < -0.3 is 24.2 Å². The third-order valence-corrected chi connectivity index (χ3v) is 8.63. The van der Waals surface area contributed by atoms with Crippen molar-refractivity contribution in [3.05, 3.63) is 34.7 Å². The number of hydrogen-bond acceptors (Lipinski definition) is 7. The van der Waals surface area contributed by atoms with Gasteiger partial charge >= 0.3 is 5.97 Å². The van der Waals surface area contributed by atoms with Crippen LogP contribution in [0, 0.1) is 11.8 Å². The van der Waals surface area contributed by atoms with Gasteiger partial charge in [0.1, 0.15) is 12.8 Å². The van der Waals surface area contributed by atoms with Gasteiger partial charge in [-0.1, -0.05) is 24.1 Å². The molecule has 1 saturated carbocycles. The second-order valence-electron chi connectivity index (χ2n) is 9.57. The molecule has 5 heterocycles. The third kappa shape index (κ3) is 3.97. The van der Waals surface area contributed by atoms with Crippen molar-refractivity contribution >= 4 is 29.0 Å². The molecule has 9 heteroatoms. The first-order valence-corrected chi connectivity index (χ1v) is 12.4. The van der Waals surface area contributed by atoms with Crippen LogP contribution >= 0.6 is 11.3 Å². The van der Waals surface area contributed by atoms with E-state index in [0.29, 0.717) is 28.3 Å². The highest BCUT2D eigenvalue weighted by molar-refractivity contribution is 7.10. The van der Waals surface area contributed by atoms with Gasteiger partial charge in [-0.25, -0.2) is 4.79 Å². The highest BCUT2D eigenvalue weighted by Crippen LogP contribution is 2.44. The molecule has 3 saturated heterocycles. The van der Waals surface area contributed by atoms with Gasteiger partial charge in [0.25, 0.3) is 5.91 Å². The molecule has 172 valence electrons. The van der Waals surface area contributed by atoms with Crippen LogP contribution in [0.25, 0.3) is 0 Å². The summed E-state index contributed by atoms with van der Waals surface area (Å²) >= 11 is 1.41. The number of nitrogens with zero attached hydrogens (tertiary/aromatic N) is 2. The lowest BCUT2D eigenvalue weighted by molar-refractivity contribution is -0.939. The minimum atomic E-state index is -1.58. The standard InChI is InChI=1S/C23H29N3O5S/c27-21(24-20-9-12-30-25-20)15-26-10-7-16(8-11-26)18(14-26)31-22(28)23(29,17-4-1-2-5-17)19-6-3-13-32-19/h3,6,9,12-13,16-18,29H,1-2,4-5,7-8,10-11,14-15H2/p+1/t16?,18?,23-,26?/m0/s1. The fourth-order valence-corrected chi connectivity index (χ4v) is 6.77. The van der Waals surface area contributed by atoms with E-state index in [4.69, 9.17) is 9.26 Å². The quantitative estimate of drug-likeness (QED) is 0.487. The van der Waals surface area contributed by atoms with Crippen molar-refractivity contribution in [2.75, 3.05) is 31.5 Å². The monoisotopic (exact) mass is 460 g/mol. The normalized spacial score (nSPS) is 29.5. The van der Waals surface area contributed by atoms with E-state index in [1.165, 1.54) is 17.6 Å². The number of quaternary nitrogens is 1. The van der Waals surface area contributed by atoms with E-state index in [9.17, 15) is 14.7 Å². The van der Waals surface area contributed by atoms with E-state index in [1.807, 2.05) is 17.5 Å². The first-order chi connectivity index (χ1) is 15.5. The van der Waals surface area contributed by atoms with Gasteiger partial charge in [-0.05, 0) is 24.3 Å². The fraction of sp³-hybridized carbons (Fsp3) is 0.609. The maximum absolute atomic E-state index is 13.5. The maximum Gasteiger partial charge on any atom is 0.344 e. The molecule has 1 aliphatic carbocycles. The maximum atomic E-state index is 13.5. The summed E-state index contributed by atoms with van der Waals surface area (Å²) in [7, 11) is 0. The highest BCUT2D eigenvalue weighted by atomic mass is 32.1. The molecular formula is C23H30N3O5S+. The van der Waals surface area contributed by atoms with Crippen LogP contribution in [0.3, 0.4) is 0 Å². The summed E-state index contributed by atoms with van der Waals surface area (Å²) in [5.74, 6) is -0.0540. The van der Waals surface area contributed by atoms with E-state index in [2.05, 4.69) is 10.5 Å². The Morgan fingerprint density at radius 1 is 1.25 bits per heavy atom. The molecule has 2 bridgehead atoms. The van der Waals surface area contributed by atoms with Crippen LogP contribution in [0.2, 0.25) is 0 Å². The summed E-state index contributed by atoms with van der Waals surface area (Å²) in [6.45, 7) is 2.70. The van der Waals surface area contributed by atoms with Gasteiger partial charge in [0.2, 0.25) is 0 Å². The first kappa shape index (κ1) is 21.6. The Bertz CT molecular complexity index is 933. The molecule has 2 atom stereocenters. The predicted octanol–water partition coefficient (Wildman–Crippen LogP) is 2.90. The Hall–Kier alpha value is -2.23. The molecule has 4 aliphatic rings. The van der Waals surface area contributed by atoms with Gasteiger partial charge in [0, 0.05) is 35.6 Å². The lowest BCUT2D eigenvalue weighted by atomic mass is 9.82.